The normalized spacial score (nSPS) is 10.4. The van der Waals surface area contributed by atoms with Crippen molar-refractivity contribution in [1.82, 2.24) is 15.5 Å². The van der Waals surface area contributed by atoms with Crippen molar-refractivity contribution in [2.75, 3.05) is 20.1 Å². The molecular formula is C14H20FN3O2. The van der Waals surface area contributed by atoms with Crippen molar-refractivity contribution in [1.29, 1.82) is 0 Å². The van der Waals surface area contributed by atoms with Crippen molar-refractivity contribution in [2.45, 2.75) is 19.9 Å². The molecule has 0 aliphatic heterocycles. The summed E-state index contributed by atoms with van der Waals surface area (Å²) in [5.74, 6) is -0.724. The molecule has 0 unspecified atom stereocenters. The molecule has 0 aliphatic carbocycles. The summed E-state index contributed by atoms with van der Waals surface area (Å²) in [5.41, 5.74) is 0.512. The molecule has 0 atom stereocenters. The largest absolute Gasteiger partial charge is 0.338 e. The fourth-order valence-electron chi connectivity index (χ4n) is 1.67. The minimum atomic E-state index is -0.504. The van der Waals surface area contributed by atoms with Gasteiger partial charge in [-0.25, -0.2) is 9.18 Å². The van der Waals surface area contributed by atoms with Crippen LogP contribution in [0.15, 0.2) is 24.3 Å². The predicted molar refractivity (Wildman–Crippen MR) is 74.6 cm³/mol. The number of urea groups is 1. The van der Waals surface area contributed by atoms with Crippen molar-refractivity contribution < 1.29 is 14.0 Å². The van der Waals surface area contributed by atoms with Crippen LogP contribution in [-0.2, 0) is 11.3 Å². The molecule has 2 N–H and O–H groups in total. The van der Waals surface area contributed by atoms with Gasteiger partial charge in [0.2, 0.25) is 5.91 Å². The van der Waals surface area contributed by atoms with Gasteiger partial charge in [0.05, 0.1) is 6.54 Å². The van der Waals surface area contributed by atoms with Crippen LogP contribution in [0.4, 0.5) is 9.18 Å². The molecule has 6 heteroatoms. The highest BCUT2D eigenvalue weighted by atomic mass is 19.1. The van der Waals surface area contributed by atoms with Gasteiger partial charge in [0.1, 0.15) is 5.82 Å². The Hall–Kier alpha value is -1.95. The smallest absolute Gasteiger partial charge is 0.321 e. The van der Waals surface area contributed by atoms with Crippen LogP contribution in [0.3, 0.4) is 0 Å². The summed E-state index contributed by atoms with van der Waals surface area (Å²) in [4.78, 5) is 24.5. The van der Waals surface area contributed by atoms with Crippen LogP contribution < -0.4 is 10.6 Å². The summed E-state index contributed by atoms with van der Waals surface area (Å²) in [6.45, 7) is 2.76. The molecule has 1 aromatic carbocycles. The van der Waals surface area contributed by atoms with E-state index in [1.165, 1.54) is 6.07 Å². The second kappa shape index (κ2) is 8.27. The topological polar surface area (TPSA) is 61.4 Å². The lowest BCUT2D eigenvalue weighted by Crippen LogP contribution is -2.43. The highest BCUT2D eigenvalue weighted by Gasteiger charge is 2.11. The molecular weight excluding hydrogens is 261 g/mol. The summed E-state index contributed by atoms with van der Waals surface area (Å²) in [5, 5.41) is 4.77. The number of nitrogens with zero attached hydrogens (tertiary/aromatic N) is 1. The van der Waals surface area contributed by atoms with Crippen LogP contribution in [0.1, 0.15) is 18.9 Å². The number of carbonyl (C=O) groups excluding carboxylic acids is 2. The summed E-state index contributed by atoms with van der Waals surface area (Å²) < 4.78 is 13.4. The number of hydrogen-bond acceptors (Lipinski definition) is 3. The molecule has 0 fully saturated rings. The SMILES string of the molecule is CCCNC(=O)NC(=O)CN(C)Cc1ccccc1F. The maximum atomic E-state index is 13.4. The first-order chi connectivity index (χ1) is 9.52. The number of nitrogens with one attached hydrogen (secondary N) is 2. The first kappa shape index (κ1) is 16.1. The van der Waals surface area contributed by atoms with Crippen molar-refractivity contribution in [3.8, 4) is 0 Å². The van der Waals surface area contributed by atoms with E-state index in [2.05, 4.69) is 10.6 Å². The standard InChI is InChI=1S/C14H20FN3O2/c1-3-8-16-14(20)17-13(19)10-18(2)9-11-6-4-5-7-12(11)15/h4-7H,3,8-10H2,1-2H3,(H2,16,17,19,20). The average molecular weight is 281 g/mol. The molecule has 0 aromatic heterocycles. The van der Waals surface area contributed by atoms with E-state index >= 15 is 0 Å². The number of imide groups is 1. The third-order valence-corrected chi connectivity index (χ3v) is 2.60. The first-order valence-corrected chi connectivity index (χ1v) is 6.52. The number of likely N-dealkylation sites (N-methyl/N-ethyl adjacent to an activating group) is 1. The van der Waals surface area contributed by atoms with E-state index in [4.69, 9.17) is 0 Å². The van der Waals surface area contributed by atoms with Crippen LogP contribution >= 0.6 is 0 Å². The second-order valence-corrected chi connectivity index (χ2v) is 4.57. The quantitative estimate of drug-likeness (QED) is 0.830. The van der Waals surface area contributed by atoms with Gasteiger partial charge in [-0.15, -0.1) is 0 Å². The van der Waals surface area contributed by atoms with Gasteiger partial charge in [-0.05, 0) is 19.5 Å². The summed E-state index contributed by atoms with van der Waals surface area (Å²) in [7, 11) is 1.69. The highest BCUT2D eigenvalue weighted by Crippen LogP contribution is 2.08. The fraction of sp³-hybridized carbons (Fsp3) is 0.429. The van der Waals surface area contributed by atoms with E-state index in [0.717, 1.165) is 6.42 Å². The maximum Gasteiger partial charge on any atom is 0.321 e. The number of hydrogen-bond donors (Lipinski definition) is 2. The highest BCUT2D eigenvalue weighted by molar-refractivity contribution is 5.95. The van der Waals surface area contributed by atoms with Crippen LogP contribution in [0.5, 0.6) is 0 Å². The molecule has 0 spiro atoms. The molecule has 0 aliphatic rings. The number of rotatable bonds is 6. The molecule has 5 nitrogen and oxygen atoms in total. The van der Waals surface area contributed by atoms with E-state index in [-0.39, 0.29) is 12.4 Å². The zero-order valence-corrected chi connectivity index (χ0v) is 11.8. The number of halogens is 1. The molecule has 110 valence electrons. The molecule has 0 saturated carbocycles. The lowest BCUT2D eigenvalue weighted by atomic mass is 10.2. The number of benzene rings is 1. The molecule has 0 saturated heterocycles. The Labute approximate surface area is 118 Å². The van der Waals surface area contributed by atoms with Gasteiger partial charge < -0.3 is 5.32 Å². The van der Waals surface area contributed by atoms with Gasteiger partial charge in [-0.2, -0.15) is 0 Å². The molecule has 3 amide bonds. The maximum absolute atomic E-state index is 13.4. The van der Waals surface area contributed by atoms with Crippen LogP contribution in [0, 0.1) is 5.82 Å². The minimum Gasteiger partial charge on any atom is -0.338 e. The number of carbonyl (C=O) groups is 2. The lowest BCUT2D eigenvalue weighted by Gasteiger charge is -2.16. The Bertz CT molecular complexity index is 465. The van der Waals surface area contributed by atoms with E-state index in [1.807, 2.05) is 6.92 Å². The van der Waals surface area contributed by atoms with Gasteiger partial charge in [0.25, 0.3) is 0 Å². The zero-order valence-electron chi connectivity index (χ0n) is 11.8. The molecule has 1 rings (SSSR count). The molecule has 20 heavy (non-hydrogen) atoms. The summed E-state index contributed by atoms with van der Waals surface area (Å²) in [6.07, 6.45) is 0.800. The van der Waals surface area contributed by atoms with Crippen molar-refractivity contribution in [3.05, 3.63) is 35.6 Å². The van der Waals surface area contributed by atoms with E-state index in [0.29, 0.717) is 18.7 Å². The zero-order chi connectivity index (χ0) is 15.0. The molecule has 0 radical (unpaired) electrons. The van der Waals surface area contributed by atoms with Gasteiger partial charge in [-0.3, -0.25) is 15.0 Å². The van der Waals surface area contributed by atoms with Crippen LogP contribution in [-0.4, -0.2) is 37.0 Å². The van der Waals surface area contributed by atoms with E-state index in [9.17, 15) is 14.0 Å². The minimum absolute atomic E-state index is 0.0217. The van der Waals surface area contributed by atoms with Crippen LogP contribution in [0.25, 0.3) is 0 Å². The van der Waals surface area contributed by atoms with E-state index < -0.39 is 11.9 Å². The third-order valence-electron chi connectivity index (χ3n) is 2.60. The third kappa shape index (κ3) is 5.79. The Morgan fingerprint density at radius 3 is 2.65 bits per heavy atom. The van der Waals surface area contributed by atoms with Gasteiger partial charge in [0.15, 0.2) is 0 Å². The number of amides is 3. The summed E-state index contributed by atoms with van der Waals surface area (Å²) >= 11 is 0. The Kier molecular flexibility index (Phi) is 6.66. The molecule has 0 heterocycles. The average Bonchev–Trinajstić information content (AvgIpc) is 2.38. The van der Waals surface area contributed by atoms with Crippen molar-refractivity contribution in [3.63, 3.8) is 0 Å². The lowest BCUT2D eigenvalue weighted by molar-refractivity contribution is -0.121. The van der Waals surface area contributed by atoms with E-state index in [1.54, 1.807) is 30.1 Å². The fourth-order valence-corrected chi connectivity index (χ4v) is 1.67. The summed E-state index contributed by atoms with van der Waals surface area (Å²) in [6, 6.07) is 5.89. The first-order valence-electron chi connectivity index (χ1n) is 6.52. The van der Waals surface area contributed by atoms with Gasteiger partial charge in [0, 0.05) is 18.7 Å². The molecule has 0 bridgehead atoms. The monoisotopic (exact) mass is 281 g/mol. The molecule has 1 aromatic rings. The van der Waals surface area contributed by atoms with Gasteiger partial charge >= 0.3 is 6.03 Å². The predicted octanol–water partition coefficient (Wildman–Crippen LogP) is 1.49. The van der Waals surface area contributed by atoms with Crippen molar-refractivity contribution in [2.24, 2.45) is 0 Å². The van der Waals surface area contributed by atoms with Gasteiger partial charge in [-0.1, -0.05) is 25.1 Å². The Balaban J connectivity index is 2.38. The Morgan fingerprint density at radius 1 is 1.30 bits per heavy atom. The van der Waals surface area contributed by atoms with Crippen molar-refractivity contribution >= 4 is 11.9 Å². The van der Waals surface area contributed by atoms with Crippen LogP contribution in [0.2, 0.25) is 0 Å². The second-order valence-electron chi connectivity index (χ2n) is 4.57. The Morgan fingerprint density at radius 2 is 2.00 bits per heavy atom.